The van der Waals surface area contributed by atoms with Crippen LogP contribution in [0.15, 0.2) is 17.6 Å². The fraction of sp³-hybridized carbons (Fsp3) is 0.308. The Morgan fingerprint density at radius 1 is 1.45 bits per heavy atom. The van der Waals surface area contributed by atoms with Crippen molar-refractivity contribution in [3.05, 3.63) is 33.5 Å². The van der Waals surface area contributed by atoms with Gasteiger partial charge in [-0.1, -0.05) is 32.4 Å². The minimum atomic E-state index is -0.291. The van der Waals surface area contributed by atoms with Gasteiger partial charge in [-0.2, -0.15) is 0 Å². The summed E-state index contributed by atoms with van der Waals surface area (Å²) in [5.41, 5.74) is 6.75. The first-order chi connectivity index (χ1) is 9.27. The molecule has 0 aliphatic carbocycles. The van der Waals surface area contributed by atoms with Crippen LogP contribution in [0.2, 0.25) is 5.15 Å². The van der Waals surface area contributed by atoms with Crippen molar-refractivity contribution in [2.24, 2.45) is 0 Å². The first kappa shape index (κ1) is 14.7. The highest BCUT2D eigenvalue weighted by molar-refractivity contribution is 7.10. The van der Waals surface area contributed by atoms with Gasteiger partial charge in [0.1, 0.15) is 5.69 Å². The van der Waals surface area contributed by atoms with Crippen LogP contribution in [-0.4, -0.2) is 15.9 Å². The number of hydrogen-bond acceptors (Lipinski definition) is 5. The second-order valence-electron chi connectivity index (χ2n) is 5.35. The first-order valence-corrected chi connectivity index (χ1v) is 7.21. The zero-order valence-corrected chi connectivity index (χ0v) is 13.0. The first-order valence-electron chi connectivity index (χ1n) is 5.96. The van der Waals surface area contributed by atoms with E-state index in [9.17, 15) is 4.79 Å². The normalized spacial score (nSPS) is 11.4. The van der Waals surface area contributed by atoms with E-state index >= 15 is 0 Å². The predicted molar refractivity (Wildman–Crippen MR) is 82.4 cm³/mol. The standard InChI is InChI=1S/C13H15ClN4OS/c1-13(2,3)12-18-9(6-20-12)11(19)17-7-4-8(15)10(14)16-5-7/h4-6H,15H2,1-3H3,(H,17,19). The van der Waals surface area contributed by atoms with Crippen LogP contribution in [-0.2, 0) is 5.41 Å². The van der Waals surface area contributed by atoms with Crippen molar-refractivity contribution < 1.29 is 4.79 Å². The maximum atomic E-state index is 12.1. The minimum absolute atomic E-state index is 0.0740. The molecule has 0 atom stereocenters. The lowest BCUT2D eigenvalue weighted by Crippen LogP contribution is -2.15. The molecule has 106 valence electrons. The number of pyridine rings is 1. The van der Waals surface area contributed by atoms with Crippen LogP contribution in [0, 0.1) is 0 Å². The van der Waals surface area contributed by atoms with Gasteiger partial charge in [0.05, 0.1) is 22.6 Å². The topological polar surface area (TPSA) is 80.9 Å². The fourth-order valence-corrected chi connectivity index (χ4v) is 2.44. The monoisotopic (exact) mass is 310 g/mol. The maximum absolute atomic E-state index is 12.1. The molecule has 0 unspecified atom stereocenters. The number of thiazole rings is 1. The quantitative estimate of drug-likeness (QED) is 0.834. The summed E-state index contributed by atoms with van der Waals surface area (Å²) >= 11 is 7.20. The average Bonchev–Trinajstić information content (AvgIpc) is 2.83. The molecule has 0 saturated carbocycles. The number of amides is 1. The van der Waals surface area contributed by atoms with Crippen LogP contribution in [0.3, 0.4) is 0 Å². The molecular weight excluding hydrogens is 296 g/mol. The van der Waals surface area contributed by atoms with Gasteiger partial charge in [-0.05, 0) is 6.07 Å². The molecule has 2 rings (SSSR count). The van der Waals surface area contributed by atoms with Gasteiger partial charge in [0.25, 0.3) is 5.91 Å². The Kier molecular flexibility index (Phi) is 3.96. The summed E-state index contributed by atoms with van der Waals surface area (Å²) in [4.78, 5) is 20.3. The van der Waals surface area contributed by atoms with Crippen LogP contribution in [0.4, 0.5) is 11.4 Å². The molecule has 0 fully saturated rings. The molecule has 5 nitrogen and oxygen atoms in total. The summed E-state index contributed by atoms with van der Waals surface area (Å²) in [5, 5.41) is 5.56. The molecule has 0 aliphatic heterocycles. The number of anilines is 2. The van der Waals surface area contributed by atoms with Crippen LogP contribution >= 0.6 is 22.9 Å². The van der Waals surface area contributed by atoms with Crippen molar-refractivity contribution in [1.29, 1.82) is 0 Å². The second-order valence-corrected chi connectivity index (χ2v) is 6.56. The van der Waals surface area contributed by atoms with E-state index in [2.05, 4.69) is 36.1 Å². The van der Waals surface area contributed by atoms with Crippen molar-refractivity contribution in [2.75, 3.05) is 11.1 Å². The zero-order valence-electron chi connectivity index (χ0n) is 11.4. The Hall–Kier alpha value is -1.66. The van der Waals surface area contributed by atoms with Gasteiger partial charge in [0.15, 0.2) is 5.15 Å². The van der Waals surface area contributed by atoms with Crippen LogP contribution in [0.25, 0.3) is 0 Å². The Morgan fingerprint density at radius 2 is 2.15 bits per heavy atom. The van der Waals surface area contributed by atoms with Gasteiger partial charge in [-0.3, -0.25) is 4.79 Å². The average molecular weight is 311 g/mol. The number of nitrogens with zero attached hydrogens (tertiary/aromatic N) is 2. The van der Waals surface area contributed by atoms with Gasteiger partial charge in [0, 0.05) is 10.8 Å². The van der Waals surface area contributed by atoms with Crippen LogP contribution < -0.4 is 11.1 Å². The Morgan fingerprint density at radius 3 is 2.70 bits per heavy atom. The van der Waals surface area contributed by atoms with E-state index in [-0.39, 0.29) is 16.5 Å². The van der Waals surface area contributed by atoms with Crippen molar-refractivity contribution >= 4 is 40.2 Å². The van der Waals surface area contributed by atoms with Crippen molar-refractivity contribution in [3.8, 4) is 0 Å². The van der Waals surface area contributed by atoms with Crippen molar-refractivity contribution in [2.45, 2.75) is 26.2 Å². The summed E-state index contributed by atoms with van der Waals surface area (Å²) in [7, 11) is 0. The molecule has 3 N–H and O–H groups in total. The maximum Gasteiger partial charge on any atom is 0.275 e. The summed E-state index contributed by atoms with van der Waals surface area (Å²) in [6.45, 7) is 6.16. The smallest absolute Gasteiger partial charge is 0.275 e. The number of halogens is 1. The number of rotatable bonds is 2. The highest BCUT2D eigenvalue weighted by atomic mass is 35.5. The van der Waals surface area contributed by atoms with Gasteiger partial charge in [-0.25, -0.2) is 9.97 Å². The molecule has 0 bridgehead atoms. The SMILES string of the molecule is CC(C)(C)c1nc(C(=O)Nc2cnc(Cl)c(N)c2)cs1. The fourth-order valence-electron chi connectivity index (χ4n) is 1.45. The number of carbonyl (C=O) groups excluding carboxylic acids is 1. The van der Waals surface area contributed by atoms with Gasteiger partial charge >= 0.3 is 0 Å². The van der Waals surface area contributed by atoms with Crippen LogP contribution in [0.1, 0.15) is 36.3 Å². The summed E-state index contributed by atoms with van der Waals surface area (Å²) in [6.07, 6.45) is 1.45. The van der Waals surface area contributed by atoms with E-state index in [0.717, 1.165) is 5.01 Å². The Bertz CT molecular complexity index is 648. The molecule has 0 aromatic carbocycles. The largest absolute Gasteiger partial charge is 0.396 e. The Balaban J connectivity index is 2.16. The molecule has 2 heterocycles. The number of nitrogens with two attached hydrogens (primary N) is 1. The molecule has 0 saturated heterocycles. The molecule has 20 heavy (non-hydrogen) atoms. The van der Waals surface area contributed by atoms with E-state index in [1.54, 1.807) is 11.4 Å². The van der Waals surface area contributed by atoms with E-state index in [1.807, 2.05) is 0 Å². The summed E-state index contributed by atoms with van der Waals surface area (Å²) in [6, 6.07) is 1.56. The summed E-state index contributed by atoms with van der Waals surface area (Å²) in [5.74, 6) is -0.291. The lowest BCUT2D eigenvalue weighted by Gasteiger charge is -2.13. The highest BCUT2D eigenvalue weighted by Gasteiger charge is 2.20. The second kappa shape index (κ2) is 5.38. The lowest BCUT2D eigenvalue weighted by atomic mass is 9.98. The van der Waals surface area contributed by atoms with E-state index in [0.29, 0.717) is 17.1 Å². The third-order valence-corrected chi connectivity index (χ3v) is 4.09. The molecular formula is C13H15ClN4OS. The van der Waals surface area contributed by atoms with Crippen molar-refractivity contribution in [1.82, 2.24) is 9.97 Å². The molecule has 0 radical (unpaired) electrons. The molecule has 0 spiro atoms. The van der Waals surface area contributed by atoms with E-state index in [1.165, 1.54) is 17.5 Å². The van der Waals surface area contributed by atoms with E-state index < -0.39 is 0 Å². The number of aromatic nitrogens is 2. The molecule has 2 aromatic heterocycles. The number of carbonyl (C=O) groups is 1. The van der Waals surface area contributed by atoms with Gasteiger partial charge in [0.2, 0.25) is 0 Å². The number of nitrogen functional groups attached to an aromatic ring is 1. The molecule has 0 aliphatic rings. The number of hydrogen-bond donors (Lipinski definition) is 2. The highest BCUT2D eigenvalue weighted by Crippen LogP contribution is 2.26. The Labute approximate surface area is 126 Å². The predicted octanol–water partition coefficient (Wildman–Crippen LogP) is 3.32. The molecule has 2 aromatic rings. The third-order valence-electron chi connectivity index (χ3n) is 2.50. The minimum Gasteiger partial charge on any atom is -0.396 e. The van der Waals surface area contributed by atoms with Gasteiger partial charge in [-0.15, -0.1) is 11.3 Å². The van der Waals surface area contributed by atoms with Gasteiger partial charge < -0.3 is 11.1 Å². The lowest BCUT2D eigenvalue weighted by molar-refractivity contribution is 0.102. The molecule has 7 heteroatoms. The third kappa shape index (κ3) is 3.26. The summed E-state index contributed by atoms with van der Waals surface area (Å²) < 4.78 is 0. The number of nitrogens with one attached hydrogen (secondary N) is 1. The molecule has 1 amide bonds. The van der Waals surface area contributed by atoms with Crippen LogP contribution in [0.5, 0.6) is 0 Å². The van der Waals surface area contributed by atoms with E-state index in [4.69, 9.17) is 17.3 Å². The zero-order chi connectivity index (χ0) is 14.9. The van der Waals surface area contributed by atoms with Crippen molar-refractivity contribution in [3.63, 3.8) is 0 Å².